The van der Waals surface area contributed by atoms with Crippen molar-refractivity contribution in [2.75, 3.05) is 13.1 Å². The van der Waals surface area contributed by atoms with E-state index in [9.17, 15) is 12.8 Å². The largest absolute Gasteiger partial charge is 0.345 e. The van der Waals surface area contributed by atoms with E-state index in [2.05, 4.69) is 19.9 Å². The summed E-state index contributed by atoms with van der Waals surface area (Å²) in [5.74, 6) is -0.101. The maximum absolute atomic E-state index is 14.4. The Morgan fingerprint density at radius 2 is 2.14 bits per heavy atom. The molecule has 0 aliphatic carbocycles. The molecular weight excluding hydrogens is 417 g/mol. The number of rotatable bonds is 5. The molecule has 7 nitrogen and oxygen atoms in total. The minimum absolute atomic E-state index is 0.0138. The van der Waals surface area contributed by atoms with Crippen LogP contribution in [0, 0.1) is 11.7 Å². The Morgan fingerprint density at radius 3 is 2.90 bits per heavy atom. The molecule has 1 N–H and O–H groups in total. The van der Waals surface area contributed by atoms with Crippen molar-refractivity contribution in [1.29, 1.82) is 0 Å². The molecule has 1 atom stereocenters. The van der Waals surface area contributed by atoms with Gasteiger partial charge in [-0.05, 0) is 38.7 Å². The van der Waals surface area contributed by atoms with Crippen molar-refractivity contribution >= 4 is 32.7 Å². The maximum atomic E-state index is 14.4. The van der Waals surface area contributed by atoms with Gasteiger partial charge in [0.15, 0.2) is 11.6 Å². The van der Waals surface area contributed by atoms with Crippen LogP contribution in [0.3, 0.4) is 0 Å². The quantitative estimate of drug-likeness (QED) is 0.660. The molecule has 0 aromatic carbocycles. The lowest BCUT2D eigenvalue weighted by Crippen LogP contribution is -2.34. The van der Waals surface area contributed by atoms with Crippen LogP contribution in [-0.2, 0) is 16.4 Å². The standard InChI is InChI=1S/C19H21ClFN5O2S/c1-11(2)29(27,28)26-4-3-12(10-26)5-17-16(21)9-24-19(25-17)15-8-23-18-14(15)6-13(20)7-22-18/h6-9,11-12H,3-5,10H2,1-2H3,(H,22,23)/t12-/m1/s1. The number of pyridine rings is 1. The first-order chi connectivity index (χ1) is 13.8. The molecule has 0 unspecified atom stereocenters. The minimum Gasteiger partial charge on any atom is -0.345 e. The van der Waals surface area contributed by atoms with Crippen LogP contribution in [0.2, 0.25) is 5.02 Å². The summed E-state index contributed by atoms with van der Waals surface area (Å²) in [6, 6.07) is 1.76. The number of aromatic amines is 1. The van der Waals surface area contributed by atoms with Crippen molar-refractivity contribution in [3.63, 3.8) is 0 Å². The number of H-pyrrole nitrogens is 1. The first kappa shape index (κ1) is 20.2. The van der Waals surface area contributed by atoms with Gasteiger partial charge in [-0.2, -0.15) is 0 Å². The zero-order valence-corrected chi connectivity index (χ0v) is 17.6. The summed E-state index contributed by atoms with van der Waals surface area (Å²) in [5.41, 5.74) is 1.61. The lowest BCUT2D eigenvalue weighted by Gasteiger charge is -2.19. The fourth-order valence-electron chi connectivity index (χ4n) is 3.60. The van der Waals surface area contributed by atoms with E-state index in [1.165, 1.54) is 10.5 Å². The van der Waals surface area contributed by atoms with Crippen LogP contribution >= 0.6 is 11.6 Å². The number of hydrogen-bond donors (Lipinski definition) is 1. The predicted molar refractivity (Wildman–Crippen MR) is 110 cm³/mol. The lowest BCUT2D eigenvalue weighted by atomic mass is 10.0. The SMILES string of the molecule is CC(C)S(=O)(=O)N1CC[C@H](Cc2nc(-c3c[nH]c4ncc(Cl)cc34)ncc2F)C1. The molecule has 0 amide bonds. The van der Waals surface area contributed by atoms with Gasteiger partial charge < -0.3 is 4.98 Å². The Morgan fingerprint density at radius 1 is 1.34 bits per heavy atom. The summed E-state index contributed by atoms with van der Waals surface area (Å²) >= 11 is 6.05. The van der Waals surface area contributed by atoms with Gasteiger partial charge in [0.25, 0.3) is 0 Å². The van der Waals surface area contributed by atoms with E-state index in [0.717, 1.165) is 11.6 Å². The Bertz CT molecular complexity index is 1160. The monoisotopic (exact) mass is 437 g/mol. The number of aromatic nitrogens is 4. The van der Waals surface area contributed by atoms with E-state index in [4.69, 9.17) is 11.6 Å². The molecule has 1 aliphatic heterocycles. The van der Waals surface area contributed by atoms with Crippen LogP contribution in [0.25, 0.3) is 22.4 Å². The van der Waals surface area contributed by atoms with Crippen LogP contribution in [0.15, 0.2) is 24.7 Å². The van der Waals surface area contributed by atoms with E-state index in [1.807, 2.05) is 0 Å². The highest BCUT2D eigenvalue weighted by atomic mass is 35.5. The molecule has 29 heavy (non-hydrogen) atoms. The Balaban J connectivity index is 1.59. The number of sulfonamides is 1. The average molecular weight is 438 g/mol. The molecule has 0 spiro atoms. The molecule has 154 valence electrons. The summed E-state index contributed by atoms with van der Waals surface area (Å²) < 4.78 is 40.6. The van der Waals surface area contributed by atoms with Crippen molar-refractivity contribution in [3.8, 4) is 11.4 Å². The van der Waals surface area contributed by atoms with E-state index in [-0.39, 0.29) is 11.6 Å². The maximum Gasteiger partial charge on any atom is 0.216 e. The van der Waals surface area contributed by atoms with Crippen molar-refractivity contribution in [2.24, 2.45) is 5.92 Å². The summed E-state index contributed by atoms with van der Waals surface area (Å²) in [6.07, 6.45) is 5.45. The van der Waals surface area contributed by atoms with Crippen molar-refractivity contribution in [1.82, 2.24) is 24.2 Å². The summed E-state index contributed by atoms with van der Waals surface area (Å²) in [4.78, 5) is 15.8. The van der Waals surface area contributed by atoms with Gasteiger partial charge in [-0.25, -0.2) is 32.1 Å². The highest BCUT2D eigenvalue weighted by molar-refractivity contribution is 7.89. The van der Waals surface area contributed by atoms with Crippen molar-refractivity contribution < 1.29 is 12.8 Å². The molecule has 10 heteroatoms. The van der Waals surface area contributed by atoms with Crippen LogP contribution in [0.5, 0.6) is 0 Å². The summed E-state index contributed by atoms with van der Waals surface area (Å²) in [7, 11) is -3.30. The number of nitrogens with one attached hydrogen (secondary N) is 1. The normalized spacial score (nSPS) is 18.2. The van der Waals surface area contributed by atoms with Gasteiger partial charge >= 0.3 is 0 Å². The highest BCUT2D eigenvalue weighted by Gasteiger charge is 2.33. The van der Waals surface area contributed by atoms with Gasteiger partial charge in [0.2, 0.25) is 10.0 Å². The van der Waals surface area contributed by atoms with E-state index in [1.54, 1.807) is 26.1 Å². The van der Waals surface area contributed by atoms with Gasteiger partial charge in [0.1, 0.15) is 5.65 Å². The first-order valence-electron chi connectivity index (χ1n) is 9.39. The smallest absolute Gasteiger partial charge is 0.216 e. The first-order valence-corrected chi connectivity index (χ1v) is 11.3. The van der Waals surface area contributed by atoms with E-state index < -0.39 is 21.1 Å². The molecule has 0 saturated carbocycles. The molecule has 1 aliphatic rings. The summed E-state index contributed by atoms with van der Waals surface area (Å²) in [6.45, 7) is 4.17. The Hall–Kier alpha value is -2.10. The highest BCUT2D eigenvalue weighted by Crippen LogP contribution is 2.29. The molecular formula is C19H21ClFN5O2S. The molecule has 3 aromatic heterocycles. The Labute approximate surface area is 173 Å². The molecule has 1 saturated heterocycles. The molecule has 3 aromatic rings. The number of halogens is 2. The molecule has 0 radical (unpaired) electrons. The second-order valence-corrected chi connectivity index (χ2v) is 10.5. The van der Waals surface area contributed by atoms with Crippen LogP contribution in [0.4, 0.5) is 4.39 Å². The Kier molecular flexibility index (Phi) is 5.30. The van der Waals surface area contributed by atoms with Gasteiger partial charge in [0.05, 0.1) is 22.2 Å². The predicted octanol–water partition coefficient (Wildman–Crippen LogP) is 3.42. The number of hydrogen-bond acceptors (Lipinski definition) is 5. The number of nitrogens with zero attached hydrogens (tertiary/aromatic N) is 4. The van der Waals surface area contributed by atoms with Gasteiger partial charge in [-0.1, -0.05) is 11.6 Å². The van der Waals surface area contributed by atoms with Crippen LogP contribution < -0.4 is 0 Å². The van der Waals surface area contributed by atoms with Gasteiger partial charge in [0, 0.05) is 36.4 Å². The topological polar surface area (TPSA) is 91.8 Å². The molecule has 4 rings (SSSR count). The van der Waals surface area contributed by atoms with Crippen molar-refractivity contribution in [3.05, 3.63) is 41.2 Å². The fourth-order valence-corrected chi connectivity index (χ4v) is 5.14. The zero-order valence-electron chi connectivity index (χ0n) is 16.1. The van der Waals surface area contributed by atoms with Crippen molar-refractivity contribution in [2.45, 2.75) is 31.9 Å². The second kappa shape index (κ2) is 7.62. The third kappa shape index (κ3) is 3.86. The third-order valence-corrected chi connectivity index (χ3v) is 7.69. The summed E-state index contributed by atoms with van der Waals surface area (Å²) in [5, 5.41) is 0.772. The molecule has 1 fully saturated rings. The van der Waals surface area contributed by atoms with Gasteiger partial charge in [-0.3, -0.25) is 0 Å². The third-order valence-electron chi connectivity index (χ3n) is 5.24. The zero-order chi connectivity index (χ0) is 20.8. The second-order valence-electron chi connectivity index (χ2n) is 7.55. The van der Waals surface area contributed by atoms with Crippen LogP contribution in [0.1, 0.15) is 26.0 Å². The molecule has 4 heterocycles. The number of fused-ring (bicyclic) bond motifs is 1. The lowest BCUT2D eigenvalue weighted by molar-refractivity contribution is 0.445. The van der Waals surface area contributed by atoms with E-state index in [0.29, 0.717) is 48.0 Å². The van der Waals surface area contributed by atoms with Gasteiger partial charge in [-0.15, -0.1) is 0 Å². The molecule has 0 bridgehead atoms. The minimum atomic E-state index is -3.30. The average Bonchev–Trinajstić information content (AvgIpc) is 3.30. The van der Waals surface area contributed by atoms with E-state index >= 15 is 0 Å². The van der Waals surface area contributed by atoms with Crippen LogP contribution in [-0.4, -0.2) is 51.0 Å². The fraction of sp³-hybridized carbons (Fsp3) is 0.421.